The van der Waals surface area contributed by atoms with Crippen LogP contribution >= 0.6 is 0 Å². The molecule has 0 aromatic heterocycles. The number of nitrogens with one attached hydrogen (secondary N) is 1. The Hall–Kier alpha value is -0.290. The first-order valence-corrected chi connectivity index (χ1v) is 5.74. The van der Waals surface area contributed by atoms with Gasteiger partial charge in [0.05, 0.1) is 12.6 Å². The van der Waals surface area contributed by atoms with Crippen LogP contribution < -0.4 is 5.32 Å². The molecule has 1 saturated heterocycles. The maximum atomic E-state index is 12.2. The van der Waals surface area contributed by atoms with E-state index < -0.39 is 12.7 Å². The summed E-state index contributed by atoms with van der Waals surface area (Å²) in [4.78, 5) is 0. The fourth-order valence-corrected chi connectivity index (χ4v) is 3.16. The summed E-state index contributed by atoms with van der Waals surface area (Å²) in [6, 6.07) is -0.0700. The Morgan fingerprint density at radius 1 is 1.38 bits per heavy atom. The molecule has 16 heavy (non-hydrogen) atoms. The Balaban J connectivity index is 1.94. The average molecular weight is 237 g/mol. The summed E-state index contributed by atoms with van der Waals surface area (Å²) in [5, 5.41) is 2.64. The molecule has 2 nitrogen and oxygen atoms in total. The molecule has 2 fully saturated rings. The van der Waals surface area contributed by atoms with Gasteiger partial charge in [0, 0.05) is 24.0 Å². The van der Waals surface area contributed by atoms with E-state index in [1.165, 1.54) is 0 Å². The summed E-state index contributed by atoms with van der Waals surface area (Å²) < 4.78 is 42.1. The highest BCUT2D eigenvalue weighted by Gasteiger charge is 2.58. The molecule has 3 atom stereocenters. The van der Waals surface area contributed by atoms with Crippen molar-refractivity contribution in [1.29, 1.82) is 0 Å². The number of hydrogen-bond donors (Lipinski definition) is 1. The summed E-state index contributed by atoms with van der Waals surface area (Å²) in [5.41, 5.74) is -0.184. The normalized spacial score (nSPS) is 37.7. The van der Waals surface area contributed by atoms with Crippen molar-refractivity contribution in [3.63, 3.8) is 0 Å². The highest BCUT2D eigenvalue weighted by atomic mass is 19.4. The van der Waals surface area contributed by atoms with E-state index in [4.69, 9.17) is 4.74 Å². The van der Waals surface area contributed by atoms with Crippen molar-refractivity contribution in [2.45, 2.75) is 45.0 Å². The van der Waals surface area contributed by atoms with Crippen molar-refractivity contribution in [2.24, 2.45) is 11.3 Å². The maximum absolute atomic E-state index is 12.2. The van der Waals surface area contributed by atoms with E-state index >= 15 is 0 Å². The number of fused-ring (bicyclic) bond motifs is 1. The molecule has 1 aliphatic heterocycles. The topological polar surface area (TPSA) is 21.3 Å². The van der Waals surface area contributed by atoms with Gasteiger partial charge in [-0.3, -0.25) is 0 Å². The molecule has 0 radical (unpaired) electrons. The van der Waals surface area contributed by atoms with E-state index in [1.54, 1.807) is 0 Å². The quantitative estimate of drug-likeness (QED) is 0.796. The van der Waals surface area contributed by atoms with Crippen molar-refractivity contribution >= 4 is 0 Å². The van der Waals surface area contributed by atoms with Gasteiger partial charge in [-0.05, 0) is 12.8 Å². The first-order chi connectivity index (χ1) is 7.32. The third kappa shape index (κ3) is 2.07. The monoisotopic (exact) mass is 237 g/mol. The van der Waals surface area contributed by atoms with E-state index in [0.717, 1.165) is 19.4 Å². The van der Waals surface area contributed by atoms with Crippen LogP contribution in [0.15, 0.2) is 0 Å². The second kappa shape index (κ2) is 3.88. The summed E-state index contributed by atoms with van der Waals surface area (Å²) >= 11 is 0. The van der Waals surface area contributed by atoms with Gasteiger partial charge in [0.1, 0.15) is 0 Å². The van der Waals surface area contributed by atoms with Gasteiger partial charge >= 0.3 is 6.18 Å². The van der Waals surface area contributed by atoms with Crippen LogP contribution in [0.3, 0.4) is 0 Å². The fraction of sp³-hybridized carbons (Fsp3) is 1.00. The molecular formula is C11H18F3NO. The highest BCUT2D eigenvalue weighted by Crippen LogP contribution is 2.51. The molecule has 94 valence electrons. The molecule has 0 spiro atoms. The van der Waals surface area contributed by atoms with E-state index in [2.05, 4.69) is 5.32 Å². The van der Waals surface area contributed by atoms with E-state index in [0.29, 0.717) is 0 Å². The van der Waals surface area contributed by atoms with Gasteiger partial charge in [-0.1, -0.05) is 13.8 Å². The summed E-state index contributed by atoms with van der Waals surface area (Å²) in [5.74, 6) is 0.256. The number of halogens is 3. The first kappa shape index (κ1) is 12.2. The molecule has 5 heteroatoms. The van der Waals surface area contributed by atoms with Crippen LogP contribution in [0, 0.1) is 11.3 Å². The van der Waals surface area contributed by atoms with Gasteiger partial charge in [0.25, 0.3) is 0 Å². The van der Waals surface area contributed by atoms with Crippen LogP contribution in [0.1, 0.15) is 26.7 Å². The van der Waals surface area contributed by atoms with Crippen molar-refractivity contribution in [1.82, 2.24) is 5.32 Å². The van der Waals surface area contributed by atoms with Crippen LogP contribution in [-0.4, -0.2) is 31.5 Å². The minimum absolute atomic E-state index is 0.0700. The zero-order chi connectivity index (χ0) is 12.0. The van der Waals surface area contributed by atoms with Crippen LogP contribution in [0.4, 0.5) is 13.2 Å². The van der Waals surface area contributed by atoms with Gasteiger partial charge in [-0.25, -0.2) is 0 Å². The summed E-state index contributed by atoms with van der Waals surface area (Å²) in [7, 11) is 0. The van der Waals surface area contributed by atoms with Crippen molar-refractivity contribution in [3.8, 4) is 0 Å². The zero-order valence-corrected chi connectivity index (χ0v) is 9.60. The standard InChI is InChI=1S/C11H18F3NO/c1-10(2)8(15-6-11(12,13)14)7-4-3-5-16-9(7)10/h7-9,15H,3-6H2,1-2H3. The zero-order valence-electron chi connectivity index (χ0n) is 9.60. The maximum Gasteiger partial charge on any atom is 0.401 e. The third-order valence-electron chi connectivity index (χ3n) is 3.85. The SMILES string of the molecule is CC1(C)C(NCC(F)(F)F)C2CCCOC21. The summed E-state index contributed by atoms with van der Waals surface area (Å²) in [6.45, 7) is 3.81. The Morgan fingerprint density at radius 3 is 2.69 bits per heavy atom. The Kier molecular flexibility index (Phi) is 2.95. The molecule has 1 N–H and O–H groups in total. The van der Waals surface area contributed by atoms with Crippen molar-refractivity contribution < 1.29 is 17.9 Å². The smallest absolute Gasteiger partial charge is 0.377 e. The predicted octanol–water partition coefficient (Wildman–Crippen LogP) is 2.34. The molecule has 0 bridgehead atoms. The number of rotatable bonds is 2. The fourth-order valence-electron chi connectivity index (χ4n) is 3.16. The van der Waals surface area contributed by atoms with Gasteiger partial charge in [-0.15, -0.1) is 0 Å². The molecule has 2 rings (SSSR count). The Morgan fingerprint density at radius 2 is 2.06 bits per heavy atom. The second-order valence-electron chi connectivity index (χ2n) is 5.39. The molecular weight excluding hydrogens is 219 g/mol. The molecule has 3 unspecified atom stereocenters. The molecule has 1 heterocycles. The van der Waals surface area contributed by atoms with Gasteiger partial charge in [0.2, 0.25) is 0 Å². The lowest BCUT2D eigenvalue weighted by molar-refractivity contribution is -0.201. The lowest BCUT2D eigenvalue weighted by Crippen LogP contribution is -2.70. The van der Waals surface area contributed by atoms with Gasteiger partial charge < -0.3 is 10.1 Å². The van der Waals surface area contributed by atoms with E-state index in [-0.39, 0.29) is 23.5 Å². The first-order valence-electron chi connectivity index (χ1n) is 5.74. The van der Waals surface area contributed by atoms with Crippen LogP contribution in [-0.2, 0) is 4.74 Å². The third-order valence-corrected chi connectivity index (χ3v) is 3.85. The van der Waals surface area contributed by atoms with Crippen LogP contribution in [0.25, 0.3) is 0 Å². The Bertz CT molecular complexity index is 264. The summed E-state index contributed by atoms with van der Waals surface area (Å²) in [6.07, 6.45) is -2.06. The van der Waals surface area contributed by atoms with Crippen LogP contribution in [0.5, 0.6) is 0 Å². The lowest BCUT2D eigenvalue weighted by atomic mass is 9.55. The average Bonchev–Trinajstić information content (AvgIpc) is 2.16. The number of hydrogen-bond acceptors (Lipinski definition) is 2. The minimum Gasteiger partial charge on any atom is -0.377 e. The molecule has 0 amide bonds. The molecule has 1 aliphatic carbocycles. The van der Waals surface area contributed by atoms with Gasteiger partial charge in [0.15, 0.2) is 0 Å². The molecule has 0 aromatic rings. The predicted molar refractivity (Wildman–Crippen MR) is 54.1 cm³/mol. The van der Waals surface area contributed by atoms with Crippen LogP contribution in [0.2, 0.25) is 0 Å². The number of ether oxygens (including phenoxy) is 1. The number of alkyl halides is 3. The minimum atomic E-state index is -4.13. The second-order valence-corrected chi connectivity index (χ2v) is 5.39. The van der Waals surface area contributed by atoms with Gasteiger partial charge in [-0.2, -0.15) is 13.2 Å². The van der Waals surface area contributed by atoms with E-state index in [9.17, 15) is 13.2 Å². The van der Waals surface area contributed by atoms with Crippen molar-refractivity contribution in [3.05, 3.63) is 0 Å². The Labute approximate surface area is 93.5 Å². The molecule has 0 aromatic carbocycles. The molecule has 1 saturated carbocycles. The lowest BCUT2D eigenvalue weighted by Gasteiger charge is -2.60. The largest absolute Gasteiger partial charge is 0.401 e. The highest BCUT2D eigenvalue weighted by molar-refractivity contribution is 5.10. The van der Waals surface area contributed by atoms with Crippen molar-refractivity contribution in [2.75, 3.05) is 13.2 Å². The van der Waals surface area contributed by atoms with E-state index in [1.807, 2.05) is 13.8 Å². The molecule has 2 aliphatic rings.